The summed E-state index contributed by atoms with van der Waals surface area (Å²) in [5.41, 5.74) is 0. The third-order valence-corrected chi connectivity index (χ3v) is 5.81. The Labute approximate surface area is 165 Å². The van der Waals surface area contributed by atoms with Gasteiger partial charge < -0.3 is 34.0 Å². The molecule has 3 heterocycles. The highest BCUT2D eigenvalue weighted by atomic mass is 16.6. The lowest BCUT2D eigenvalue weighted by molar-refractivity contribution is -0.930. The topological polar surface area (TPSA) is 77.1 Å². The lowest BCUT2D eigenvalue weighted by Crippen LogP contribution is -3.19. The Kier molecular flexibility index (Phi) is 6.31. The van der Waals surface area contributed by atoms with Crippen molar-refractivity contribution >= 4 is 5.91 Å². The second-order valence-corrected chi connectivity index (χ2v) is 7.86. The molecule has 4 rings (SSSR count). The van der Waals surface area contributed by atoms with Crippen LogP contribution in [-0.4, -0.2) is 100 Å². The molecule has 0 aliphatic carbocycles. The summed E-state index contributed by atoms with van der Waals surface area (Å²) in [4.78, 5) is 17.4. The number of carbonyl (C=O) groups is 1. The van der Waals surface area contributed by atoms with Crippen molar-refractivity contribution in [3.8, 4) is 11.5 Å². The van der Waals surface area contributed by atoms with Crippen LogP contribution in [0.2, 0.25) is 0 Å². The van der Waals surface area contributed by atoms with Crippen molar-refractivity contribution in [3.05, 3.63) is 24.3 Å². The summed E-state index contributed by atoms with van der Waals surface area (Å²) in [7, 11) is 0. The summed E-state index contributed by atoms with van der Waals surface area (Å²) in [5.74, 6) is 1.31. The molecule has 1 amide bonds. The standard InChI is InChI=1S/C20H29N3O5/c24-16(14-22-9-11-26-12-10-22)13-21-5-7-23(8-6-21)20(25)19-15-27-17-3-1-2-4-18(17)28-19/h1-4,16,19,24H,5-15H2/p+2/t16-,19-/m1/s1. The molecule has 0 spiro atoms. The first-order valence-corrected chi connectivity index (χ1v) is 10.3. The van der Waals surface area contributed by atoms with Crippen molar-refractivity contribution in [3.63, 3.8) is 0 Å². The molecule has 8 heteroatoms. The van der Waals surface area contributed by atoms with E-state index in [1.165, 1.54) is 9.80 Å². The van der Waals surface area contributed by atoms with Crippen molar-refractivity contribution in [1.29, 1.82) is 0 Å². The third kappa shape index (κ3) is 4.75. The van der Waals surface area contributed by atoms with Gasteiger partial charge >= 0.3 is 0 Å². The van der Waals surface area contributed by atoms with Gasteiger partial charge in [-0.15, -0.1) is 0 Å². The maximum atomic E-state index is 12.8. The lowest BCUT2D eigenvalue weighted by atomic mass is 10.2. The maximum Gasteiger partial charge on any atom is 0.267 e. The number of para-hydroxylation sites is 2. The molecule has 28 heavy (non-hydrogen) atoms. The molecule has 2 atom stereocenters. The van der Waals surface area contributed by atoms with Gasteiger partial charge in [-0.2, -0.15) is 0 Å². The largest absolute Gasteiger partial charge is 0.485 e. The average molecular weight is 393 g/mol. The molecule has 154 valence electrons. The van der Waals surface area contributed by atoms with Gasteiger partial charge in [-0.05, 0) is 12.1 Å². The van der Waals surface area contributed by atoms with E-state index in [1.807, 2.05) is 29.2 Å². The SMILES string of the molecule is O=C([C@H]1COc2ccccc2O1)N1CC[NH+](C[C@@H](O)C[NH+]2CCOCC2)CC1. The molecule has 3 aliphatic heterocycles. The predicted octanol–water partition coefficient (Wildman–Crippen LogP) is -3.17. The molecule has 0 aromatic heterocycles. The molecule has 3 N–H and O–H groups in total. The highest BCUT2D eigenvalue weighted by molar-refractivity contribution is 5.82. The number of ether oxygens (including phenoxy) is 3. The molecule has 0 unspecified atom stereocenters. The summed E-state index contributed by atoms with van der Waals surface area (Å²) < 4.78 is 16.9. The summed E-state index contributed by atoms with van der Waals surface area (Å²) >= 11 is 0. The first kappa shape index (κ1) is 19.4. The van der Waals surface area contributed by atoms with E-state index in [1.54, 1.807) is 0 Å². The van der Waals surface area contributed by atoms with Crippen LogP contribution in [0.3, 0.4) is 0 Å². The number of rotatable bonds is 5. The van der Waals surface area contributed by atoms with Gasteiger partial charge in [0.05, 0.1) is 39.4 Å². The predicted molar refractivity (Wildman–Crippen MR) is 101 cm³/mol. The average Bonchev–Trinajstić information content (AvgIpc) is 2.74. The van der Waals surface area contributed by atoms with E-state index in [2.05, 4.69) is 0 Å². The zero-order chi connectivity index (χ0) is 19.3. The van der Waals surface area contributed by atoms with Crippen molar-refractivity contribution in [2.45, 2.75) is 12.2 Å². The van der Waals surface area contributed by atoms with Crippen LogP contribution in [0.4, 0.5) is 0 Å². The fraction of sp³-hybridized carbons (Fsp3) is 0.650. The minimum Gasteiger partial charge on any atom is -0.485 e. The van der Waals surface area contributed by atoms with Gasteiger partial charge in [0.25, 0.3) is 5.91 Å². The Hall–Kier alpha value is -1.87. The van der Waals surface area contributed by atoms with E-state index in [4.69, 9.17) is 14.2 Å². The summed E-state index contributed by atoms with van der Waals surface area (Å²) in [6.45, 7) is 8.37. The molecule has 8 nitrogen and oxygen atoms in total. The zero-order valence-corrected chi connectivity index (χ0v) is 16.3. The minimum atomic E-state index is -0.577. The van der Waals surface area contributed by atoms with E-state index in [0.717, 1.165) is 52.5 Å². The van der Waals surface area contributed by atoms with Gasteiger partial charge in [0.1, 0.15) is 32.8 Å². The van der Waals surface area contributed by atoms with Gasteiger partial charge in [0.15, 0.2) is 17.6 Å². The zero-order valence-electron chi connectivity index (χ0n) is 16.3. The number of carbonyl (C=O) groups excluding carboxylic acids is 1. The number of aliphatic hydroxyl groups is 1. The smallest absolute Gasteiger partial charge is 0.267 e. The number of benzene rings is 1. The first-order chi connectivity index (χ1) is 13.7. The number of hydrogen-bond donors (Lipinski definition) is 3. The van der Waals surface area contributed by atoms with Crippen molar-refractivity contribution in [2.75, 3.05) is 72.2 Å². The fourth-order valence-corrected chi connectivity index (χ4v) is 4.20. The molecule has 1 aromatic rings. The van der Waals surface area contributed by atoms with Gasteiger partial charge in [0, 0.05) is 0 Å². The van der Waals surface area contributed by atoms with Crippen LogP contribution in [-0.2, 0) is 9.53 Å². The van der Waals surface area contributed by atoms with Gasteiger partial charge in [-0.3, -0.25) is 4.79 Å². The van der Waals surface area contributed by atoms with Crippen molar-refractivity contribution < 1.29 is 33.9 Å². The van der Waals surface area contributed by atoms with E-state index < -0.39 is 6.10 Å². The van der Waals surface area contributed by atoms with Crippen LogP contribution < -0.4 is 19.3 Å². The molecule has 2 saturated heterocycles. The van der Waals surface area contributed by atoms with Crippen molar-refractivity contribution in [2.24, 2.45) is 0 Å². The molecule has 0 radical (unpaired) electrons. The van der Waals surface area contributed by atoms with Crippen molar-refractivity contribution in [1.82, 2.24) is 4.90 Å². The van der Waals surface area contributed by atoms with Crippen LogP contribution in [0.1, 0.15) is 0 Å². The number of aliphatic hydroxyl groups excluding tert-OH is 1. The molecular formula is C20H31N3O5+2. The number of nitrogens with zero attached hydrogens (tertiary/aromatic N) is 1. The number of fused-ring (bicyclic) bond motifs is 1. The Morgan fingerprint density at radius 2 is 1.71 bits per heavy atom. The second-order valence-electron chi connectivity index (χ2n) is 7.86. The molecular weight excluding hydrogens is 362 g/mol. The number of piperazine rings is 1. The monoisotopic (exact) mass is 393 g/mol. The number of morpholine rings is 1. The fourth-order valence-electron chi connectivity index (χ4n) is 4.20. The Morgan fingerprint density at radius 3 is 2.43 bits per heavy atom. The van der Waals surface area contributed by atoms with E-state index in [0.29, 0.717) is 24.6 Å². The van der Waals surface area contributed by atoms with Gasteiger partial charge in [-0.1, -0.05) is 12.1 Å². The third-order valence-electron chi connectivity index (χ3n) is 5.81. The highest BCUT2D eigenvalue weighted by Crippen LogP contribution is 2.31. The quantitative estimate of drug-likeness (QED) is 0.492. The number of quaternary nitrogens is 2. The summed E-state index contributed by atoms with van der Waals surface area (Å²) in [5, 5.41) is 10.4. The van der Waals surface area contributed by atoms with Crippen LogP contribution in [0.5, 0.6) is 11.5 Å². The number of hydrogen-bond acceptors (Lipinski definition) is 5. The van der Waals surface area contributed by atoms with E-state index in [9.17, 15) is 9.90 Å². The summed E-state index contributed by atoms with van der Waals surface area (Å²) in [6.07, 6.45) is -0.885. The van der Waals surface area contributed by atoms with Gasteiger partial charge in [-0.25, -0.2) is 0 Å². The maximum absolute atomic E-state index is 12.8. The number of amides is 1. The second kappa shape index (κ2) is 9.09. The van der Waals surface area contributed by atoms with Crippen LogP contribution in [0, 0.1) is 0 Å². The highest BCUT2D eigenvalue weighted by Gasteiger charge is 2.34. The molecule has 1 aromatic carbocycles. The van der Waals surface area contributed by atoms with Crippen LogP contribution in [0.15, 0.2) is 24.3 Å². The Balaban J connectivity index is 1.21. The molecule has 0 bridgehead atoms. The van der Waals surface area contributed by atoms with Crippen LogP contribution in [0.25, 0.3) is 0 Å². The Bertz CT molecular complexity index is 659. The van der Waals surface area contributed by atoms with E-state index in [-0.39, 0.29) is 18.6 Å². The van der Waals surface area contributed by atoms with Crippen LogP contribution >= 0.6 is 0 Å². The Morgan fingerprint density at radius 1 is 1.07 bits per heavy atom. The normalized spacial score (nSPS) is 24.8. The molecule has 3 aliphatic rings. The van der Waals surface area contributed by atoms with E-state index >= 15 is 0 Å². The summed E-state index contributed by atoms with van der Waals surface area (Å²) in [6, 6.07) is 7.44. The minimum absolute atomic E-state index is 0.00753. The van der Waals surface area contributed by atoms with Gasteiger partial charge in [0.2, 0.25) is 6.10 Å². The lowest BCUT2D eigenvalue weighted by Gasteiger charge is -2.36. The first-order valence-electron chi connectivity index (χ1n) is 10.3. The molecule has 0 saturated carbocycles. The molecule has 2 fully saturated rings. The number of nitrogens with one attached hydrogen (secondary N) is 2.